The van der Waals surface area contributed by atoms with E-state index in [-0.39, 0.29) is 11.6 Å². The summed E-state index contributed by atoms with van der Waals surface area (Å²) in [5.74, 6) is -0.0386. The first-order chi connectivity index (χ1) is 14.5. The summed E-state index contributed by atoms with van der Waals surface area (Å²) >= 11 is 1.47. The van der Waals surface area contributed by atoms with Crippen LogP contribution in [-0.2, 0) is 0 Å². The number of hydrogen-bond donors (Lipinski definition) is 0. The first-order valence-corrected chi connectivity index (χ1v) is 10.0. The summed E-state index contributed by atoms with van der Waals surface area (Å²) in [5.41, 5.74) is 2.82. The summed E-state index contributed by atoms with van der Waals surface area (Å²) in [5, 5.41) is 19.6. The molecule has 0 N–H and O–H groups in total. The van der Waals surface area contributed by atoms with Crippen LogP contribution in [0.3, 0.4) is 0 Å². The van der Waals surface area contributed by atoms with Gasteiger partial charge in [0.2, 0.25) is 4.80 Å². The van der Waals surface area contributed by atoms with Crippen molar-refractivity contribution in [2.75, 3.05) is 6.54 Å². The van der Waals surface area contributed by atoms with Crippen LogP contribution >= 0.6 is 11.3 Å². The molecule has 0 saturated heterocycles. The molecule has 0 radical (unpaired) electrons. The number of rotatable bonds is 6. The third-order valence-corrected chi connectivity index (χ3v) is 5.18. The monoisotopic (exact) mass is 418 g/mol. The Morgan fingerprint density at radius 3 is 2.80 bits per heavy atom. The number of fused-ring (bicyclic) bond motifs is 1. The van der Waals surface area contributed by atoms with Gasteiger partial charge in [0, 0.05) is 10.9 Å². The molecule has 4 aromatic rings. The summed E-state index contributed by atoms with van der Waals surface area (Å²) in [6.45, 7) is 6.30. The van der Waals surface area contributed by atoms with Crippen LogP contribution in [0.25, 0.3) is 22.0 Å². The predicted octanol–water partition coefficient (Wildman–Crippen LogP) is 5.23. The molecule has 0 spiro atoms. The van der Waals surface area contributed by atoms with Crippen LogP contribution in [0.2, 0.25) is 0 Å². The van der Waals surface area contributed by atoms with Crippen molar-refractivity contribution in [3.63, 3.8) is 0 Å². The highest BCUT2D eigenvalue weighted by Crippen LogP contribution is 2.29. The first-order valence-electron chi connectivity index (χ1n) is 9.15. The van der Waals surface area contributed by atoms with E-state index < -0.39 is 4.92 Å². The number of benzene rings is 2. The van der Waals surface area contributed by atoms with Crippen LogP contribution in [0.5, 0.6) is 0 Å². The van der Waals surface area contributed by atoms with Crippen LogP contribution in [-0.4, -0.2) is 22.4 Å². The Kier molecular flexibility index (Phi) is 5.40. The topological polar surface area (TPSA) is 85.9 Å². The second-order valence-corrected chi connectivity index (χ2v) is 7.53. The van der Waals surface area contributed by atoms with Crippen molar-refractivity contribution in [1.82, 2.24) is 4.68 Å². The summed E-state index contributed by atoms with van der Waals surface area (Å²) in [7, 11) is 0. The molecule has 2 heterocycles. The van der Waals surface area contributed by atoms with Gasteiger partial charge < -0.3 is 4.42 Å². The number of hydrogen-bond acceptors (Lipinski definition) is 6. The average molecular weight is 418 g/mol. The zero-order valence-corrected chi connectivity index (χ0v) is 17.0. The Labute approximate surface area is 176 Å². The Balaban J connectivity index is 1.85. The first kappa shape index (κ1) is 19.5. The maximum Gasteiger partial charge on any atom is 0.433 e. The lowest BCUT2D eigenvalue weighted by Gasteiger charge is -2.07. The number of nitrogens with zero attached hydrogens (tertiary/aromatic N) is 4. The third kappa shape index (κ3) is 3.99. The van der Waals surface area contributed by atoms with Crippen LogP contribution in [0.15, 0.2) is 86.6 Å². The SMILES string of the molecule is C=C(C)CN=c1scc(-c2cccc3ccccc23)n1N=Cc1ccc([N+](=O)[O-])o1. The zero-order valence-electron chi connectivity index (χ0n) is 16.2. The van der Waals surface area contributed by atoms with Crippen molar-refractivity contribution >= 4 is 34.2 Å². The maximum atomic E-state index is 10.9. The molecule has 0 saturated carbocycles. The second kappa shape index (κ2) is 8.30. The molecule has 0 unspecified atom stereocenters. The van der Waals surface area contributed by atoms with E-state index in [1.807, 2.05) is 36.6 Å². The number of nitro groups is 1. The molecule has 0 fully saturated rings. The molecule has 0 aliphatic rings. The minimum absolute atomic E-state index is 0.287. The Morgan fingerprint density at radius 1 is 1.23 bits per heavy atom. The molecule has 2 aromatic heterocycles. The molecule has 150 valence electrons. The molecule has 8 heteroatoms. The van der Waals surface area contributed by atoms with Gasteiger partial charge in [-0.25, -0.2) is 4.68 Å². The van der Waals surface area contributed by atoms with Crippen molar-refractivity contribution in [3.05, 3.63) is 92.8 Å². The molecule has 0 atom stereocenters. The van der Waals surface area contributed by atoms with Gasteiger partial charge in [-0.15, -0.1) is 11.3 Å². The van der Waals surface area contributed by atoms with Crippen LogP contribution in [0.1, 0.15) is 12.7 Å². The van der Waals surface area contributed by atoms with Crippen LogP contribution < -0.4 is 4.80 Å². The van der Waals surface area contributed by atoms with Gasteiger partial charge in [-0.1, -0.05) is 54.6 Å². The fourth-order valence-corrected chi connectivity index (χ4v) is 3.81. The van der Waals surface area contributed by atoms with Gasteiger partial charge in [0.1, 0.15) is 4.92 Å². The highest BCUT2D eigenvalue weighted by Gasteiger charge is 2.13. The molecular formula is C22H18N4O3S. The summed E-state index contributed by atoms with van der Waals surface area (Å²) in [6.07, 6.45) is 1.45. The lowest BCUT2D eigenvalue weighted by molar-refractivity contribution is -0.402. The van der Waals surface area contributed by atoms with Gasteiger partial charge in [0.15, 0.2) is 5.76 Å². The van der Waals surface area contributed by atoms with Gasteiger partial charge in [-0.05, 0) is 23.8 Å². The lowest BCUT2D eigenvalue weighted by Crippen LogP contribution is -2.13. The smallest absolute Gasteiger partial charge is 0.400 e. The Bertz CT molecular complexity index is 1340. The van der Waals surface area contributed by atoms with E-state index in [4.69, 9.17) is 4.42 Å². The van der Waals surface area contributed by atoms with Crippen LogP contribution in [0.4, 0.5) is 5.88 Å². The molecule has 0 aliphatic carbocycles. The maximum absolute atomic E-state index is 10.9. The van der Waals surface area contributed by atoms with E-state index in [2.05, 4.69) is 34.9 Å². The fraction of sp³-hybridized carbons (Fsp3) is 0.0909. The van der Waals surface area contributed by atoms with Crippen molar-refractivity contribution < 1.29 is 9.34 Å². The summed E-state index contributed by atoms with van der Waals surface area (Å²) < 4.78 is 6.92. The number of furan rings is 1. The van der Waals surface area contributed by atoms with Crippen molar-refractivity contribution in [2.45, 2.75) is 6.92 Å². The molecule has 0 bridgehead atoms. The minimum atomic E-state index is -0.579. The average Bonchev–Trinajstić information content (AvgIpc) is 3.37. The van der Waals surface area contributed by atoms with E-state index in [1.165, 1.54) is 29.7 Å². The summed E-state index contributed by atoms with van der Waals surface area (Å²) in [4.78, 5) is 15.6. The molecule has 0 amide bonds. The van der Waals surface area contributed by atoms with Crippen molar-refractivity contribution in [3.8, 4) is 11.3 Å². The molecule has 2 aromatic carbocycles. The molecule has 30 heavy (non-hydrogen) atoms. The van der Waals surface area contributed by atoms with E-state index in [0.717, 1.165) is 27.6 Å². The lowest BCUT2D eigenvalue weighted by atomic mass is 10.0. The van der Waals surface area contributed by atoms with E-state index in [0.29, 0.717) is 11.3 Å². The molecule has 0 aliphatic heterocycles. The number of aromatic nitrogens is 1. The van der Waals surface area contributed by atoms with Crippen molar-refractivity contribution in [2.24, 2.45) is 10.1 Å². The fourth-order valence-electron chi connectivity index (χ4n) is 2.98. The number of thiazole rings is 1. The summed E-state index contributed by atoms with van der Waals surface area (Å²) in [6, 6.07) is 17.1. The molecule has 7 nitrogen and oxygen atoms in total. The van der Waals surface area contributed by atoms with Gasteiger partial charge in [-0.3, -0.25) is 15.1 Å². The van der Waals surface area contributed by atoms with E-state index >= 15 is 0 Å². The van der Waals surface area contributed by atoms with Gasteiger partial charge >= 0.3 is 5.88 Å². The van der Waals surface area contributed by atoms with E-state index in [9.17, 15) is 10.1 Å². The Morgan fingerprint density at radius 2 is 2.03 bits per heavy atom. The van der Waals surface area contributed by atoms with Crippen LogP contribution in [0, 0.1) is 10.1 Å². The normalized spacial score (nSPS) is 12.1. The van der Waals surface area contributed by atoms with E-state index in [1.54, 1.807) is 4.68 Å². The highest BCUT2D eigenvalue weighted by atomic mass is 32.1. The van der Waals surface area contributed by atoms with Gasteiger partial charge in [0.05, 0.1) is 24.5 Å². The molecular weight excluding hydrogens is 400 g/mol. The van der Waals surface area contributed by atoms with Gasteiger partial charge in [0.25, 0.3) is 0 Å². The zero-order chi connectivity index (χ0) is 21.1. The van der Waals surface area contributed by atoms with Crippen molar-refractivity contribution in [1.29, 1.82) is 0 Å². The minimum Gasteiger partial charge on any atom is -0.400 e. The quantitative estimate of drug-likeness (QED) is 0.186. The predicted molar refractivity (Wildman–Crippen MR) is 119 cm³/mol. The molecule has 4 rings (SSSR count). The standard InChI is InChI=1S/C22H18N4O3S/c1-15(2)12-23-22-25(24-13-17-10-11-21(29-17)26(27)28)20(14-30-22)19-9-5-7-16-6-3-4-8-18(16)19/h3-11,13-14H,1,12H2,2H3. The largest absolute Gasteiger partial charge is 0.433 e. The second-order valence-electron chi connectivity index (χ2n) is 6.69. The third-order valence-electron chi connectivity index (χ3n) is 4.33. The Hall–Kier alpha value is -3.78. The highest BCUT2D eigenvalue weighted by molar-refractivity contribution is 7.07. The van der Waals surface area contributed by atoms with Gasteiger partial charge in [-0.2, -0.15) is 5.10 Å².